The lowest BCUT2D eigenvalue weighted by molar-refractivity contribution is 0.343. The van der Waals surface area contributed by atoms with Crippen LogP contribution in [0.1, 0.15) is 39.3 Å². The molecule has 0 unspecified atom stereocenters. The number of hydrogen-bond donors (Lipinski definition) is 1. The summed E-state index contributed by atoms with van der Waals surface area (Å²) < 4.78 is 2.77. The zero-order valence-electron chi connectivity index (χ0n) is 15.5. The predicted octanol–water partition coefficient (Wildman–Crippen LogP) is 4.77. The van der Waals surface area contributed by atoms with E-state index in [1.165, 1.54) is 0 Å². The summed E-state index contributed by atoms with van der Waals surface area (Å²) in [6.07, 6.45) is 1.76. The second-order valence-corrected chi connectivity index (χ2v) is 8.62. The molecule has 0 aliphatic carbocycles. The van der Waals surface area contributed by atoms with E-state index in [0.717, 1.165) is 15.4 Å². The standard InChI is InChI=1S/C20H23BrN4O/c1-13(14-5-8-16(21)9-6-14)23-19-22-11-15-7-10-17(26)25(18(15)24-19)12-20(2,3)4/h5-11,13H,12H2,1-4H3,(H,22,23,24)/t13-/m0/s1. The number of nitrogens with one attached hydrogen (secondary N) is 1. The van der Waals surface area contributed by atoms with Crippen molar-refractivity contribution in [2.75, 3.05) is 5.32 Å². The second kappa shape index (κ2) is 7.19. The van der Waals surface area contributed by atoms with E-state index < -0.39 is 0 Å². The van der Waals surface area contributed by atoms with Crippen molar-refractivity contribution in [1.29, 1.82) is 0 Å². The number of halogens is 1. The molecule has 2 aromatic heterocycles. The Labute approximate surface area is 161 Å². The van der Waals surface area contributed by atoms with E-state index >= 15 is 0 Å². The van der Waals surface area contributed by atoms with Crippen LogP contribution < -0.4 is 10.9 Å². The third-order valence-electron chi connectivity index (χ3n) is 4.07. The summed E-state index contributed by atoms with van der Waals surface area (Å²) >= 11 is 3.45. The highest BCUT2D eigenvalue weighted by atomic mass is 79.9. The van der Waals surface area contributed by atoms with Gasteiger partial charge in [0.2, 0.25) is 5.95 Å². The molecule has 3 aromatic rings. The predicted molar refractivity (Wildman–Crippen MR) is 109 cm³/mol. The molecular weight excluding hydrogens is 392 g/mol. The molecule has 136 valence electrons. The van der Waals surface area contributed by atoms with E-state index in [9.17, 15) is 4.79 Å². The van der Waals surface area contributed by atoms with E-state index in [1.807, 2.05) is 12.1 Å². The smallest absolute Gasteiger partial charge is 0.252 e. The van der Waals surface area contributed by atoms with Crippen molar-refractivity contribution >= 4 is 32.9 Å². The van der Waals surface area contributed by atoms with Crippen molar-refractivity contribution in [3.8, 4) is 0 Å². The maximum Gasteiger partial charge on any atom is 0.252 e. The Kier molecular flexibility index (Phi) is 5.14. The van der Waals surface area contributed by atoms with Gasteiger partial charge in [0.05, 0.1) is 6.04 Å². The largest absolute Gasteiger partial charge is 0.348 e. The van der Waals surface area contributed by atoms with Gasteiger partial charge in [-0.1, -0.05) is 48.8 Å². The van der Waals surface area contributed by atoms with Crippen LogP contribution >= 0.6 is 15.9 Å². The molecular formula is C20H23BrN4O. The van der Waals surface area contributed by atoms with Crippen molar-refractivity contribution in [3.05, 3.63) is 63.0 Å². The molecule has 1 N–H and O–H groups in total. The van der Waals surface area contributed by atoms with Crippen molar-refractivity contribution in [1.82, 2.24) is 14.5 Å². The highest BCUT2D eigenvalue weighted by Crippen LogP contribution is 2.22. The first-order chi connectivity index (χ1) is 12.2. The minimum Gasteiger partial charge on any atom is -0.348 e. The van der Waals surface area contributed by atoms with Gasteiger partial charge in [-0.25, -0.2) is 4.98 Å². The lowest BCUT2D eigenvalue weighted by Gasteiger charge is -2.21. The third kappa shape index (κ3) is 4.30. The Morgan fingerprint density at radius 2 is 1.85 bits per heavy atom. The molecule has 0 saturated heterocycles. The van der Waals surface area contributed by atoms with Gasteiger partial charge in [0.1, 0.15) is 5.65 Å². The van der Waals surface area contributed by atoms with Gasteiger partial charge in [-0.2, -0.15) is 4.98 Å². The molecule has 0 amide bonds. The maximum absolute atomic E-state index is 12.4. The minimum absolute atomic E-state index is 0.0264. The summed E-state index contributed by atoms with van der Waals surface area (Å²) in [5.41, 5.74) is 1.73. The Balaban J connectivity index is 1.96. The van der Waals surface area contributed by atoms with E-state index in [4.69, 9.17) is 0 Å². The number of anilines is 1. The number of rotatable bonds is 4. The van der Waals surface area contributed by atoms with Crippen molar-refractivity contribution in [2.24, 2.45) is 5.41 Å². The molecule has 6 heteroatoms. The van der Waals surface area contributed by atoms with Crippen molar-refractivity contribution in [2.45, 2.75) is 40.3 Å². The third-order valence-corrected chi connectivity index (χ3v) is 4.60. The van der Waals surface area contributed by atoms with Crippen LogP contribution in [0, 0.1) is 5.41 Å². The summed E-state index contributed by atoms with van der Waals surface area (Å²) in [7, 11) is 0. The zero-order valence-corrected chi connectivity index (χ0v) is 17.0. The van der Waals surface area contributed by atoms with Gasteiger partial charge in [0.15, 0.2) is 0 Å². The average molecular weight is 415 g/mol. The summed E-state index contributed by atoms with van der Waals surface area (Å²) in [6, 6.07) is 11.5. The lowest BCUT2D eigenvalue weighted by atomic mass is 9.97. The molecule has 1 aromatic carbocycles. The van der Waals surface area contributed by atoms with E-state index in [2.05, 4.69) is 71.0 Å². The Bertz CT molecular complexity index is 974. The quantitative estimate of drug-likeness (QED) is 0.667. The molecule has 0 aliphatic heterocycles. The Morgan fingerprint density at radius 1 is 1.15 bits per heavy atom. The SMILES string of the molecule is C[C@H](Nc1ncc2ccc(=O)n(CC(C)(C)C)c2n1)c1ccc(Br)cc1. The van der Waals surface area contributed by atoms with Gasteiger partial charge in [-0.05, 0) is 36.1 Å². The first-order valence-electron chi connectivity index (χ1n) is 8.61. The molecule has 1 atom stereocenters. The second-order valence-electron chi connectivity index (χ2n) is 7.71. The summed E-state index contributed by atoms with van der Waals surface area (Å²) in [5.74, 6) is 0.515. The van der Waals surface area contributed by atoms with Crippen LogP contribution in [0.15, 0.2) is 51.9 Å². The number of aromatic nitrogens is 3. The topological polar surface area (TPSA) is 59.8 Å². The molecule has 3 rings (SSSR count). The van der Waals surface area contributed by atoms with E-state index in [-0.39, 0.29) is 17.0 Å². The number of pyridine rings is 1. The van der Waals surface area contributed by atoms with E-state index in [0.29, 0.717) is 18.1 Å². The molecule has 0 bridgehead atoms. The van der Waals surface area contributed by atoms with Crippen LogP contribution in [0.2, 0.25) is 0 Å². The first kappa shape index (κ1) is 18.6. The normalized spacial score (nSPS) is 13.0. The van der Waals surface area contributed by atoms with Crippen LogP contribution in [-0.4, -0.2) is 14.5 Å². The number of nitrogens with zero attached hydrogens (tertiary/aromatic N) is 3. The van der Waals surface area contributed by atoms with Gasteiger partial charge in [-0.3, -0.25) is 9.36 Å². The highest BCUT2D eigenvalue weighted by molar-refractivity contribution is 9.10. The summed E-state index contributed by atoms with van der Waals surface area (Å²) in [6.45, 7) is 8.97. The van der Waals surface area contributed by atoms with Gasteiger partial charge in [0.25, 0.3) is 5.56 Å². The van der Waals surface area contributed by atoms with Crippen LogP contribution in [0.3, 0.4) is 0 Å². The number of benzene rings is 1. The highest BCUT2D eigenvalue weighted by Gasteiger charge is 2.16. The maximum atomic E-state index is 12.4. The van der Waals surface area contributed by atoms with Crippen LogP contribution in [0.4, 0.5) is 5.95 Å². The Hall–Kier alpha value is -2.21. The van der Waals surface area contributed by atoms with Crippen molar-refractivity contribution in [3.63, 3.8) is 0 Å². The fourth-order valence-corrected chi connectivity index (χ4v) is 3.06. The van der Waals surface area contributed by atoms with Crippen LogP contribution in [0.25, 0.3) is 11.0 Å². The monoisotopic (exact) mass is 414 g/mol. The Morgan fingerprint density at radius 3 is 2.50 bits per heavy atom. The molecule has 0 fully saturated rings. The van der Waals surface area contributed by atoms with E-state index in [1.54, 1.807) is 22.9 Å². The molecule has 0 aliphatic rings. The molecule has 0 spiro atoms. The molecule has 26 heavy (non-hydrogen) atoms. The fourth-order valence-electron chi connectivity index (χ4n) is 2.80. The lowest BCUT2D eigenvalue weighted by Crippen LogP contribution is -2.27. The van der Waals surface area contributed by atoms with Crippen LogP contribution in [0.5, 0.6) is 0 Å². The van der Waals surface area contributed by atoms with Gasteiger partial charge >= 0.3 is 0 Å². The minimum atomic E-state index is -0.0435. The van der Waals surface area contributed by atoms with Gasteiger partial charge in [-0.15, -0.1) is 0 Å². The molecule has 0 radical (unpaired) electrons. The fraction of sp³-hybridized carbons (Fsp3) is 0.350. The molecule has 5 nitrogen and oxygen atoms in total. The van der Waals surface area contributed by atoms with Crippen molar-refractivity contribution < 1.29 is 0 Å². The van der Waals surface area contributed by atoms with Gasteiger partial charge in [0, 0.05) is 28.7 Å². The zero-order chi connectivity index (χ0) is 18.9. The summed E-state index contributed by atoms with van der Waals surface area (Å²) in [4.78, 5) is 21.4. The molecule has 2 heterocycles. The van der Waals surface area contributed by atoms with Gasteiger partial charge < -0.3 is 5.32 Å². The molecule has 0 saturated carbocycles. The average Bonchev–Trinajstić information content (AvgIpc) is 2.57. The van der Waals surface area contributed by atoms with Crippen LogP contribution in [-0.2, 0) is 6.54 Å². The number of hydrogen-bond acceptors (Lipinski definition) is 4. The number of fused-ring (bicyclic) bond motifs is 1. The summed E-state index contributed by atoms with van der Waals surface area (Å²) in [5, 5.41) is 4.18. The first-order valence-corrected chi connectivity index (χ1v) is 9.41.